The van der Waals surface area contributed by atoms with Crippen molar-refractivity contribution in [2.75, 3.05) is 5.75 Å². The maximum absolute atomic E-state index is 12.1. The molecule has 0 radical (unpaired) electrons. The van der Waals surface area contributed by atoms with E-state index in [0.29, 0.717) is 0 Å². The van der Waals surface area contributed by atoms with Crippen LogP contribution in [-0.4, -0.2) is 22.2 Å². The number of amides is 1. The number of aromatic nitrogens is 1. The van der Waals surface area contributed by atoms with Gasteiger partial charge in [-0.2, -0.15) is 5.26 Å². The second-order valence-electron chi connectivity index (χ2n) is 5.67. The van der Waals surface area contributed by atoms with Crippen LogP contribution in [0.2, 0.25) is 0 Å². The van der Waals surface area contributed by atoms with Gasteiger partial charge in [-0.25, -0.2) is 4.98 Å². The van der Waals surface area contributed by atoms with E-state index in [0.717, 1.165) is 15.6 Å². The fourth-order valence-electron chi connectivity index (χ4n) is 1.82. The van der Waals surface area contributed by atoms with E-state index in [4.69, 9.17) is 0 Å². The first-order valence-corrected chi connectivity index (χ1v) is 9.17. The lowest BCUT2D eigenvalue weighted by Crippen LogP contribution is -2.49. The number of carbonyl (C=O) groups is 1. The van der Waals surface area contributed by atoms with Crippen molar-refractivity contribution in [2.24, 2.45) is 5.92 Å². The molecule has 0 aliphatic rings. The van der Waals surface area contributed by atoms with Crippen LogP contribution in [0.4, 0.5) is 0 Å². The monoisotopic (exact) mass is 345 g/mol. The summed E-state index contributed by atoms with van der Waals surface area (Å²) in [7, 11) is 0. The van der Waals surface area contributed by atoms with Gasteiger partial charge in [0.15, 0.2) is 4.34 Å². The van der Waals surface area contributed by atoms with Gasteiger partial charge in [-0.15, -0.1) is 11.3 Å². The first kappa shape index (κ1) is 17.5. The molecular weight excluding hydrogens is 326 g/mol. The predicted molar refractivity (Wildman–Crippen MR) is 95.3 cm³/mol. The molecule has 1 N–H and O–H groups in total. The molecular formula is C17H19N3OS2. The molecule has 0 aliphatic carbocycles. The second-order valence-corrected chi connectivity index (χ2v) is 7.75. The number of nitrogens with one attached hydrogen (secondary N) is 1. The third kappa shape index (κ3) is 4.57. The highest BCUT2D eigenvalue weighted by Gasteiger charge is 2.29. The van der Waals surface area contributed by atoms with E-state index >= 15 is 0 Å². The minimum absolute atomic E-state index is 0.0472. The van der Waals surface area contributed by atoms with Crippen molar-refractivity contribution in [3.63, 3.8) is 0 Å². The number of thiazole rings is 1. The molecule has 1 aromatic carbocycles. The summed E-state index contributed by atoms with van der Waals surface area (Å²) in [6.07, 6.45) is 0. The van der Waals surface area contributed by atoms with Gasteiger partial charge in [-0.1, -0.05) is 55.9 Å². The molecule has 0 fully saturated rings. The van der Waals surface area contributed by atoms with Gasteiger partial charge in [0, 0.05) is 10.9 Å². The summed E-state index contributed by atoms with van der Waals surface area (Å²) in [4.78, 5) is 16.6. The molecule has 1 amide bonds. The number of nitrogens with zero attached hydrogens (tertiary/aromatic N) is 2. The van der Waals surface area contributed by atoms with Crippen LogP contribution in [0, 0.1) is 17.2 Å². The summed E-state index contributed by atoms with van der Waals surface area (Å²) < 4.78 is 0.849. The molecule has 0 saturated heterocycles. The quantitative estimate of drug-likeness (QED) is 0.805. The Morgan fingerprint density at radius 3 is 2.74 bits per heavy atom. The predicted octanol–water partition coefficient (Wildman–Crippen LogP) is 3.96. The molecule has 23 heavy (non-hydrogen) atoms. The Labute approximate surface area is 144 Å². The number of rotatable bonds is 6. The minimum Gasteiger partial charge on any atom is -0.337 e. The first-order valence-electron chi connectivity index (χ1n) is 7.30. The van der Waals surface area contributed by atoms with E-state index < -0.39 is 5.54 Å². The van der Waals surface area contributed by atoms with Crippen LogP contribution in [0.3, 0.4) is 0 Å². The van der Waals surface area contributed by atoms with Crippen LogP contribution in [0.25, 0.3) is 11.3 Å². The highest BCUT2D eigenvalue weighted by Crippen LogP contribution is 2.28. The van der Waals surface area contributed by atoms with Crippen molar-refractivity contribution < 1.29 is 4.79 Å². The number of hydrogen-bond donors (Lipinski definition) is 1. The molecule has 6 heteroatoms. The number of thioether (sulfide) groups is 1. The van der Waals surface area contributed by atoms with Gasteiger partial charge in [-0.05, 0) is 12.8 Å². The topological polar surface area (TPSA) is 65.8 Å². The van der Waals surface area contributed by atoms with E-state index in [-0.39, 0.29) is 17.6 Å². The van der Waals surface area contributed by atoms with E-state index in [1.165, 1.54) is 23.1 Å². The lowest BCUT2D eigenvalue weighted by molar-refractivity contribution is -0.120. The normalized spacial score (nSPS) is 13.3. The SMILES string of the molecule is CC(C)C(C)(C#N)NC(=O)CSc1nc(-c2ccccc2)cs1. The maximum atomic E-state index is 12.1. The Balaban J connectivity index is 1.93. The van der Waals surface area contributed by atoms with E-state index in [2.05, 4.69) is 16.4 Å². The zero-order chi connectivity index (χ0) is 16.9. The van der Waals surface area contributed by atoms with Crippen molar-refractivity contribution in [2.45, 2.75) is 30.6 Å². The molecule has 0 bridgehead atoms. The molecule has 2 aromatic rings. The molecule has 1 atom stereocenters. The highest BCUT2D eigenvalue weighted by atomic mass is 32.2. The Hall–Kier alpha value is -1.84. The molecule has 0 aliphatic heterocycles. The van der Waals surface area contributed by atoms with Crippen LogP contribution >= 0.6 is 23.1 Å². The molecule has 4 nitrogen and oxygen atoms in total. The van der Waals surface area contributed by atoms with Gasteiger partial charge in [-0.3, -0.25) is 4.79 Å². The Bertz CT molecular complexity index is 706. The van der Waals surface area contributed by atoms with Crippen molar-refractivity contribution >= 4 is 29.0 Å². The zero-order valence-corrected chi connectivity index (χ0v) is 15.0. The Morgan fingerprint density at radius 1 is 1.43 bits per heavy atom. The van der Waals surface area contributed by atoms with E-state index in [1.807, 2.05) is 49.6 Å². The van der Waals surface area contributed by atoms with Gasteiger partial charge in [0.1, 0.15) is 5.54 Å². The lowest BCUT2D eigenvalue weighted by atomic mass is 9.90. The molecule has 1 heterocycles. The van der Waals surface area contributed by atoms with Crippen molar-refractivity contribution in [3.05, 3.63) is 35.7 Å². The number of nitriles is 1. The summed E-state index contributed by atoms with van der Waals surface area (Å²) in [6, 6.07) is 12.1. The van der Waals surface area contributed by atoms with Crippen molar-refractivity contribution in [1.29, 1.82) is 5.26 Å². The van der Waals surface area contributed by atoms with Crippen LogP contribution in [-0.2, 0) is 4.79 Å². The summed E-state index contributed by atoms with van der Waals surface area (Å²) in [5.74, 6) is 0.154. The minimum atomic E-state index is -0.838. The number of carbonyl (C=O) groups excluding carboxylic acids is 1. The zero-order valence-electron chi connectivity index (χ0n) is 13.4. The van der Waals surface area contributed by atoms with Crippen LogP contribution in [0.15, 0.2) is 40.1 Å². The van der Waals surface area contributed by atoms with Gasteiger partial charge >= 0.3 is 0 Å². The number of benzene rings is 1. The average Bonchev–Trinajstić information content (AvgIpc) is 3.02. The van der Waals surface area contributed by atoms with Gasteiger partial charge < -0.3 is 5.32 Å². The summed E-state index contributed by atoms with van der Waals surface area (Å²) >= 11 is 2.92. The average molecular weight is 345 g/mol. The second kappa shape index (κ2) is 7.62. The van der Waals surface area contributed by atoms with Crippen LogP contribution in [0.5, 0.6) is 0 Å². The molecule has 2 rings (SSSR count). The largest absolute Gasteiger partial charge is 0.337 e. The molecule has 0 saturated carbocycles. The maximum Gasteiger partial charge on any atom is 0.231 e. The summed E-state index contributed by atoms with van der Waals surface area (Å²) in [5.41, 5.74) is 1.15. The Morgan fingerprint density at radius 2 is 2.13 bits per heavy atom. The molecule has 1 unspecified atom stereocenters. The third-order valence-electron chi connectivity index (χ3n) is 3.67. The highest BCUT2D eigenvalue weighted by molar-refractivity contribution is 8.01. The molecule has 120 valence electrons. The fraction of sp³-hybridized carbons (Fsp3) is 0.353. The smallest absolute Gasteiger partial charge is 0.231 e. The molecule has 1 aromatic heterocycles. The fourth-order valence-corrected chi connectivity index (χ4v) is 3.45. The van der Waals surface area contributed by atoms with Crippen molar-refractivity contribution in [1.82, 2.24) is 10.3 Å². The van der Waals surface area contributed by atoms with Crippen LogP contribution in [0.1, 0.15) is 20.8 Å². The molecule has 0 spiro atoms. The summed E-state index contributed by atoms with van der Waals surface area (Å²) in [5, 5.41) is 14.0. The standard InChI is InChI=1S/C17H19N3OS2/c1-12(2)17(3,11-18)20-15(21)10-23-16-19-14(9-22-16)13-7-5-4-6-8-13/h4-9,12H,10H2,1-3H3,(H,20,21). The van der Waals surface area contributed by atoms with E-state index in [1.54, 1.807) is 6.92 Å². The summed E-state index contributed by atoms with van der Waals surface area (Å²) in [6.45, 7) is 5.59. The van der Waals surface area contributed by atoms with E-state index in [9.17, 15) is 10.1 Å². The van der Waals surface area contributed by atoms with Gasteiger partial charge in [0.05, 0.1) is 17.5 Å². The third-order valence-corrected chi connectivity index (χ3v) is 5.69. The van der Waals surface area contributed by atoms with Gasteiger partial charge in [0.2, 0.25) is 5.91 Å². The Kier molecular flexibility index (Phi) is 5.80. The van der Waals surface area contributed by atoms with Crippen molar-refractivity contribution in [3.8, 4) is 17.3 Å². The van der Waals surface area contributed by atoms with Crippen LogP contribution < -0.4 is 5.32 Å². The lowest BCUT2D eigenvalue weighted by Gasteiger charge is -2.27. The van der Waals surface area contributed by atoms with Gasteiger partial charge in [0.25, 0.3) is 0 Å². The first-order chi connectivity index (χ1) is 10.9. The number of hydrogen-bond acceptors (Lipinski definition) is 5.